The SMILES string of the molecule is N/N=C/CCCCO. The molecule has 0 aliphatic rings. The Kier molecular flexibility index (Phi) is 5.97. The summed E-state index contributed by atoms with van der Waals surface area (Å²) in [6, 6.07) is 0. The highest BCUT2D eigenvalue weighted by Gasteiger charge is 1.80. The zero-order valence-corrected chi connectivity index (χ0v) is 4.88. The summed E-state index contributed by atoms with van der Waals surface area (Å²) < 4.78 is 0. The smallest absolute Gasteiger partial charge is 0.0431 e. The number of aliphatic hydroxyl groups excluding tert-OH is 1. The van der Waals surface area contributed by atoms with Crippen LogP contribution in [0.2, 0.25) is 0 Å². The predicted molar refractivity (Wildman–Crippen MR) is 33.6 cm³/mol. The molecule has 48 valence electrons. The van der Waals surface area contributed by atoms with Crippen LogP contribution in [0.3, 0.4) is 0 Å². The number of aliphatic hydroxyl groups is 1. The van der Waals surface area contributed by atoms with Crippen molar-refractivity contribution in [2.24, 2.45) is 10.9 Å². The zero-order valence-electron chi connectivity index (χ0n) is 4.88. The topological polar surface area (TPSA) is 58.6 Å². The molecule has 3 heteroatoms. The van der Waals surface area contributed by atoms with Gasteiger partial charge in [-0.1, -0.05) is 0 Å². The van der Waals surface area contributed by atoms with Gasteiger partial charge in [0.1, 0.15) is 0 Å². The minimum atomic E-state index is 0.262. The van der Waals surface area contributed by atoms with E-state index in [0.29, 0.717) is 0 Å². The molecule has 3 nitrogen and oxygen atoms in total. The first-order valence-electron chi connectivity index (χ1n) is 2.74. The molecular weight excluding hydrogens is 104 g/mol. The van der Waals surface area contributed by atoms with Crippen LogP contribution in [-0.2, 0) is 0 Å². The number of hydrogen-bond donors (Lipinski definition) is 2. The standard InChI is InChI=1S/C5H12N2O/c6-7-4-2-1-3-5-8/h4,8H,1-3,5-6H2/b7-4+. The molecule has 0 aromatic rings. The minimum absolute atomic E-state index is 0.262. The molecule has 0 saturated carbocycles. The number of hydrogen-bond acceptors (Lipinski definition) is 3. The van der Waals surface area contributed by atoms with Crippen LogP contribution >= 0.6 is 0 Å². The van der Waals surface area contributed by atoms with Gasteiger partial charge in [-0.15, -0.1) is 0 Å². The van der Waals surface area contributed by atoms with Crippen molar-refractivity contribution < 1.29 is 5.11 Å². The van der Waals surface area contributed by atoms with Crippen LogP contribution in [0.4, 0.5) is 0 Å². The van der Waals surface area contributed by atoms with Crippen molar-refractivity contribution in [1.82, 2.24) is 0 Å². The van der Waals surface area contributed by atoms with Crippen molar-refractivity contribution in [3.8, 4) is 0 Å². The molecule has 0 unspecified atom stereocenters. The second-order valence-electron chi connectivity index (χ2n) is 1.55. The third kappa shape index (κ3) is 5.43. The largest absolute Gasteiger partial charge is 0.396 e. The Labute approximate surface area is 49.2 Å². The molecule has 3 N–H and O–H groups in total. The molecule has 0 aromatic carbocycles. The first-order valence-corrected chi connectivity index (χ1v) is 2.74. The van der Waals surface area contributed by atoms with Crippen molar-refractivity contribution in [3.63, 3.8) is 0 Å². The fourth-order valence-corrected chi connectivity index (χ4v) is 0.422. The number of rotatable bonds is 4. The summed E-state index contributed by atoms with van der Waals surface area (Å²) in [4.78, 5) is 0. The molecule has 0 atom stereocenters. The van der Waals surface area contributed by atoms with Gasteiger partial charge in [0.25, 0.3) is 0 Å². The second kappa shape index (κ2) is 6.43. The third-order valence-electron chi connectivity index (χ3n) is 0.847. The molecule has 0 spiro atoms. The average Bonchev–Trinajstić information content (AvgIpc) is 1.81. The van der Waals surface area contributed by atoms with E-state index >= 15 is 0 Å². The maximum Gasteiger partial charge on any atom is 0.0431 e. The number of nitrogens with zero attached hydrogens (tertiary/aromatic N) is 1. The quantitative estimate of drug-likeness (QED) is 0.237. The fraction of sp³-hybridized carbons (Fsp3) is 0.800. The molecule has 0 bridgehead atoms. The maximum atomic E-state index is 8.29. The van der Waals surface area contributed by atoms with Crippen LogP contribution in [0.1, 0.15) is 19.3 Å². The molecular formula is C5H12N2O. The summed E-state index contributed by atoms with van der Waals surface area (Å²) in [5, 5.41) is 11.6. The summed E-state index contributed by atoms with van der Waals surface area (Å²) in [6.07, 6.45) is 4.33. The van der Waals surface area contributed by atoms with E-state index in [4.69, 9.17) is 10.9 Å². The Morgan fingerprint density at radius 1 is 1.50 bits per heavy atom. The average molecular weight is 116 g/mol. The van der Waals surface area contributed by atoms with Gasteiger partial charge < -0.3 is 10.9 Å². The van der Waals surface area contributed by atoms with Gasteiger partial charge in [0.15, 0.2) is 0 Å². The Morgan fingerprint density at radius 2 is 2.25 bits per heavy atom. The number of nitrogens with two attached hydrogens (primary N) is 1. The number of hydrazone groups is 1. The fourth-order valence-electron chi connectivity index (χ4n) is 0.422. The second-order valence-corrected chi connectivity index (χ2v) is 1.55. The molecule has 0 saturated heterocycles. The predicted octanol–water partition coefficient (Wildman–Crippen LogP) is 0.0935. The molecule has 0 rings (SSSR count). The highest BCUT2D eigenvalue weighted by Crippen LogP contribution is 1.89. The molecule has 8 heavy (non-hydrogen) atoms. The van der Waals surface area contributed by atoms with Crippen molar-refractivity contribution in [3.05, 3.63) is 0 Å². The highest BCUT2D eigenvalue weighted by atomic mass is 16.2. The van der Waals surface area contributed by atoms with Gasteiger partial charge in [-0.05, 0) is 19.3 Å². The molecule has 0 fully saturated rings. The molecule has 0 aromatic heterocycles. The van der Waals surface area contributed by atoms with Gasteiger partial charge in [-0.25, -0.2) is 0 Å². The van der Waals surface area contributed by atoms with Gasteiger partial charge in [0, 0.05) is 12.8 Å². The summed E-state index contributed by atoms with van der Waals surface area (Å²) in [5.41, 5.74) is 0. The van der Waals surface area contributed by atoms with E-state index in [1.165, 1.54) is 0 Å². The summed E-state index contributed by atoms with van der Waals surface area (Å²) in [6.45, 7) is 0.262. The molecule has 0 aliphatic carbocycles. The lowest BCUT2D eigenvalue weighted by Gasteiger charge is -1.87. The van der Waals surface area contributed by atoms with Crippen molar-refractivity contribution in [2.75, 3.05) is 6.61 Å². The van der Waals surface area contributed by atoms with Crippen LogP contribution in [0.25, 0.3) is 0 Å². The van der Waals surface area contributed by atoms with Gasteiger partial charge in [0.05, 0.1) is 0 Å². The third-order valence-corrected chi connectivity index (χ3v) is 0.847. The van der Waals surface area contributed by atoms with Crippen molar-refractivity contribution >= 4 is 6.21 Å². The van der Waals surface area contributed by atoms with E-state index in [0.717, 1.165) is 19.3 Å². The summed E-state index contributed by atoms with van der Waals surface area (Å²) >= 11 is 0. The van der Waals surface area contributed by atoms with E-state index in [1.807, 2.05) is 0 Å². The Hall–Kier alpha value is -0.570. The van der Waals surface area contributed by atoms with Crippen molar-refractivity contribution in [1.29, 1.82) is 0 Å². The summed E-state index contributed by atoms with van der Waals surface area (Å²) in [7, 11) is 0. The first-order chi connectivity index (χ1) is 3.91. The first kappa shape index (κ1) is 7.43. The zero-order chi connectivity index (χ0) is 6.24. The number of unbranched alkanes of at least 4 members (excludes halogenated alkanes) is 2. The van der Waals surface area contributed by atoms with Gasteiger partial charge >= 0.3 is 0 Å². The maximum absolute atomic E-state index is 8.29. The summed E-state index contributed by atoms with van der Waals surface area (Å²) in [5.74, 6) is 4.82. The Morgan fingerprint density at radius 3 is 2.75 bits per heavy atom. The minimum Gasteiger partial charge on any atom is -0.396 e. The van der Waals surface area contributed by atoms with E-state index in [2.05, 4.69) is 5.10 Å². The monoisotopic (exact) mass is 116 g/mol. The molecule has 0 radical (unpaired) electrons. The van der Waals surface area contributed by atoms with Gasteiger partial charge in [-0.2, -0.15) is 5.10 Å². The van der Waals surface area contributed by atoms with Gasteiger partial charge in [0.2, 0.25) is 0 Å². The molecule has 0 amide bonds. The lowest BCUT2D eigenvalue weighted by Crippen LogP contribution is -1.86. The lowest BCUT2D eigenvalue weighted by molar-refractivity contribution is 0.286. The van der Waals surface area contributed by atoms with E-state index in [1.54, 1.807) is 6.21 Å². The van der Waals surface area contributed by atoms with E-state index < -0.39 is 0 Å². The molecule has 0 aliphatic heterocycles. The van der Waals surface area contributed by atoms with Crippen molar-refractivity contribution in [2.45, 2.75) is 19.3 Å². The van der Waals surface area contributed by atoms with Crippen LogP contribution < -0.4 is 5.84 Å². The normalized spacial score (nSPS) is 10.6. The highest BCUT2D eigenvalue weighted by molar-refractivity contribution is 5.56. The van der Waals surface area contributed by atoms with Crippen LogP contribution in [0.15, 0.2) is 5.10 Å². The van der Waals surface area contributed by atoms with E-state index in [9.17, 15) is 0 Å². The Bertz CT molecular complexity index is 63.4. The van der Waals surface area contributed by atoms with E-state index in [-0.39, 0.29) is 6.61 Å². The van der Waals surface area contributed by atoms with Gasteiger partial charge in [-0.3, -0.25) is 0 Å². The van der Waals surface area contributed by atoms with Crippen LogP contribution in [0, 0.1) is 0 Å². The van der Waals surface area contributed by atoms with Crippen LogP contribution in [0.5, 0.6) is 0 Å². The van der Waals surface area contributed by atoms with Crippen LogP contribution in [-0.4, -0.2) is 17.9 Å². The Balaban J connectivity index is 2.72. The molecule has 0 heterocycles. The lowest BCUT2D eigenvalue weighted by atomic mass is 10.3.